The summed E-state index contributed by atoms with van der Waals surface area (Å²) in [5, 5.41) is 11.1. The van der Waals surface area contributed by atoms with Crippen LogP contribution in [0.1, 0.15) is 39.5 Å². The largest absolute Gasteiger partial charge is 0.391 e. The molecule has 1 unspecified atom stereocenters. The molecule has 0 radical (unpaired) electrons. The molecule has 1 aliphatic rings. The van der Waals surface area contributed by atoms with E-state index in [1.165, 1.54) is 24.3 Å². The van der Waals surface area contributed by atoms with Gasteiger partial charge in [0, 0.05) is 11.4 Å². The van der Waals surface area contributed by atoms with Gasteiger partial charge in [0.25, 0.3) is 0 Å². The van der Waals surface area contributed by atoms with Gasteiger partial charge in [-0.1, -0.05) is 31.9 Å². The number of hydrogen-bond donors (Lipinski definition) is 2. The van der Waals surface area contributed by atoms with Crippen LogP contribution in [0.5, 0.6) is 0 Å². The van der Waals surface area contributed by atoms with E-state index < -0.39 is 22.2 Å². The fourth-order valence-corrected chi connectivity index (χ4v) is 4.38. The topological polar surface area (TPSA) is 84.9 Å². The first kappa shape index (κ1) is 21.6. The molecule has 1 saturated heterocycles. The van der Waals surface area contributed by atoms with E-state index in [1.54, 1.807) is 0 Å². The molecule has 6 nitrogen and oxygen atoms in total. The quantitative estimate of drug-likeness (QED) is 0.659. The van der Waals surface area contributed by atoms with Crippen LogP contribution in [0.15, 0.2) is 29.2 Å². The first-order valence-electron chi connectivity index (χ1n) is 9.02. The number of halogens is 1. The van der Waals surface area contributed by atoms with Crippen molar-refractivity contribution in [1.29, 1.82) is 0 Å². The Hall–Kier alpha value is -0.700. The molecule has 0 spiro atoms. The zero-order valence-electron chi connectivity index (χ0n) is 15.2. The Morgan fingerprint density at radius 3 is 2.46 bits per heavy atom. The Morgan fingerprint density at radius 2 is 1.88 bits per heavy atom. The lowest BCUT2D eigenvalue weighted by atomic mass is 9.93. The van der Waals surface area contributed by atoms with Crippen molar-refractivity contribution in [3.05, 3.63) is 29.3 Å². The molecular weight excluding hydrogens is 378 g/mol. The summed E-state index contributed by atoms with van der Waals surface area (Å²) in [7, 11) is -3.75. The van der Waals surface area contributed by atoms with E-state index in [9.17, 15) is 13.5 Å². The van der Waals surface area contributed by atoms with Crippen LogP contribution in [-0.2, 0) is 19.5 Å². The van der Waals surface area contributed by atoms with Crippen LogP contribution in [0.4, 0.5) is 0 Å². The van der Waals surface area contributed by atoms with Gasteiger partial charge in [-0.15, -0.1) is 0 Å². The fourth-order valence-electron chi connectivity index (χ4n) is 2.88. The number of aliphatic hydroxyl groups is 1. The minimum absolute atomic E-state index is 0.0275. The molecule has 0 saturated carbocycles. The van der Waals surface area contributed by atoms with Gasteiger partial charge < -0.3 is 14.6 Å². The molecule has 2 N–H and O–H groups in total. The van der Waals surface area contributed by atoms with Gasteiger partial charge in [0.2, 0.25) is 10.0 Å². The number of nitrogens with one attached hydrogen (secondary N) is 1. The van der Waals surface area contributed by atoms with Crippen LogP contribution < -0.4 is 4.72 Å². The average molecular weight is 406 g/mol. The highest BCUT2D eigenvalue weighted by Crippen LogP contribution is 2.21. The minimum atomic E-state index is -3.75. The third-order valence-corrected chi connectivity index (χ3v) is 6.41. The predicted molar refractivity (Wildman–Crippen MR) is 101 cm³/mol. The highest BCUT2D eigenvalue weighted by atomic mass is 35.5. The standard InChI is InChI=1S/C18H28ClNO5S/c1-3-13(2)18(16(21)9-10-17-24-11-4-12-25-17)20-26(22,23)15-7-5-14(19)6-8-15/h5-8,13,16-18,20-21H,3-4,9-12H2,1-2H3/t13-,16?,18-/m0/s1. The number of rotatable bonds is 9. The third kappa shape index (κ3) is 6.18. The van der Waals surface area contributed by atoms with Crippen LogP contribution in [-0.4, -0.2) is 45.2 Å². The Morgan fingerprint density at radius 1 is 1.27 bits per heavy atom. The second kappa shape index (κ2) is 10.0. The first-order valence-corrected chi connectivity index (χ1v) is 10.9. The summed E-state index contributed by atoms with van der Waals surface area (Å²) in [6.45, 7) is 5.19. The zero-order chi connectivity index (χ0) is 19.2. The maximum Gasteiger partial charge on any atom is 0.240 e. The Bertz CT molecular complexity index is 646. The minimum Gasteiger partial charge on any atom is -0.391 e. The molecule has 148 valence electrons. The maximum absolute atomic E-state index is 12.7. The summed E-state index contributed by atoms with van der Waals surface area (Å²) in [5.74, 6) is -0.0275. The molecule has 1 fully saturated rings. The molecule has 26 heavy (non-hydrogen) atoms. The summed E-state index contributed by atoms with van der Waals surface area (Å²) in [6, 6.07) is 5.37. The zero-order valence-corrected chi connectivity index (χ0v) is 16.8. The van der Waals surface area contributed by atoms with Gasteiger partial charge in [0.15, 0.2) is 6.29 Å². The molecule has 0 amide bonds. The Kier molecular flexibility index (Phi) is 8.32. The van der Waals surface area contributed by atoms with Crippen LogP contribution in [0.25, 0.3) is 0 Å². The van der Waals surface area contributed by atoms with E-state index in [1.807, 2.05) is 13.8 Å². The molecule has 1 aliphatic heterocycles. The average Bonchev–Trinajstić information content (AvgIpc) is 2.65. The monoisotopic (exact) mass is 405 g/mol. The van der Waals surface area contributed by atoms with Gasteiger partial charge in [0.1, 0.15) is 0 Å². The number of ether oxygens (including phenoxy) is 2. The van der Waals surface area contributed by atoms with E-state index in [0.29, 0.717) is 31.1 Å². The second-order valence-corrected chi connectivity index (χ2v) is 8.81. The Balaban J connectivity index is 2.04. The molecule has 0 aromatic heterocycles. The van der Waals surface area contributed by atoms with Crippen molar-refractivity contribution in [2.24, 2.45) is 5.92 Å². The van der Waals surface area contributed by atoms with Gasteiger partial charge in [0.05, 0.1) is 30.3 Å². The molecule has 1 aromatic carbocycles. The molecule has 1 aromatic rings. The maximum atomic E-state index is 12.7. The summed E-state index contributed by atoms with van der Waals surface area (Å²) in [4.78, 5) is 0.126. The van der Waals surface area contributed by atoms with E-state index in [-0.39, 0.29) is 17.1 Å². The first-order chi connectivity index (χ1) is 12.3. The smallest absolute Gasteiger partial charge is 0.240 e. The molecule has 8 heteroatoms. The van der Waals surface area contributed by atoms with E-state index in [0.717, 1.165) is 12.8 Å². The van der Waals surface area contributed by atoms with Gasteiger partial charge in [-0.3, -0.25) is 0 Å². The molecular formula is C18H28ClNO5S. The summed E-state index contributed by atoms with van der Waals surface area (Å²) >= 11 is 5.83. The van der Waals surface area contributed by atoms with Crippen molar-refractivity contribution in [2.75, 3.05) is 13.2 Å². The van der Waals surface area contributed by atoms with Crippen molar-refractivity contribution in [3.63, 3.8) is 0 Å². The van der Waals surface area contributed by atoms with Crippen LogP contribution in [0.3, 0.4) is 0 Å². The van der Waals surface area contributed by atoms with E-state index in [2.05, 4.69) is 4.72 Å². The molecule has 2 rings (SSSR count). The molecule has 3 atom stereocenters. The SMILES string of the molecule is CC[C@H](C)[C@H](NS(=O)(=O)c1ccc(Cl)cc1)C(O)CCC1OCCCO1. The van der Waals surface area contributed by atoms with Crippen molar-refractivity contribution in [2.45, 2.75) is 62.9 Å². The van der Waals surface area contributed by atoms with Crippen LogP contribution >= 0.6 is 11.6 Å². The van der Waals surface area contributed by atoms with Gasteiger partial charge >= 0.3 is 0 Å². The molecule has 0 bridgehead atoms. The molecule has 0 aliphatic carbocycles. The molecule has 1 heterocycles. The van der Waals surface area contributed by atoms with Crippen LogP contribution in [0.2, 0.25) is 5.02 Å². The van der Waals surface area contributed by atoms with E-state index in [4.69, 9.17) is 21.1 Å². The predicted octanol–water partition coefficient (Wildman–Crippen LogP) is 2.94. The summed E-state index contributed by atoms with van der Waals surface area (Å²) < 4.78 is 39.0. The van der Waals surface area contributed by atoms with Crippen molar-refractivity contribution < 1.29 is 23.0 Å². The Labute approximate surface area is 160 Å². The van der Waals surface area contributed by atoms with Crippen LogP contribution in [0, 0.1) is 5.92 Å². The normalized spacial score (nSPS) is 19.8. The van der Waals surface area contributed by atoms with Crippen molar-refractivity contribution in [1.82, 2.24) is 4.72 Å². The lowest BCUT2D eigenvalue weighted by Gasteiger charge is -2.30. The van der Waals surface area contributed by atoms with Crippen molar-refractivity contribution in [3.8, 4) is 0 Å². The second-order valence-electron chi connectivity index (χ2n) is 6.66. The fraction of sp³-hybridized carbons (Fsp3) is 0.667. The summed E-state index contributed by atoms with van der Waals surface area (Å²) in [6.07, 6.45) is 1.36. The lowest BCUT2D eigenvalue weighted by molar-refractivity contribution is -0.184. The number of aliphatic hydroxyl groups excluding tert-OH is 1. The number of sulfonamides is 1. The third-order valence-electron chi connectivity index (χ3n) is 4.68. The highest BCUT2D eigenvalue weighted by Gasteiger charge is 2.30. The van der Waals surface area contributed by atoms with Gasteiger partial charge in [-0.2, -0.15) is 0 Å². The van der Waals surface area contributed by atoms with E-state index >= 15 is 0 Å². The van der Waals surface area contributed by atoms with Gasteiger partial charge in [-0.05, 0) is 43.0 Å². The van der Waals surface area contributed by atoms with Crippen molar-refractivity contribution >= 4 is 21.6 Å². The number of benzene rings is 1. The van der Waals surface area contributed by atoms with Gasteiger partial charge in [-0.25, -0.2) is 13.1 Å². The number of hydrogen-bond acceptors (Lipinski definition) is 5. The lowest BCUT2D eigenvalue weighted by Crippen LogP contribution is -2.47. The summed E-state index contributed by atoms with van der Waals surface area (Å²) in [5.41, 5.74) is 0. The highest BCUT2D eigenvalue weighted by molar-refractivity contribution is 7.89.